The summed E-state index contributed by atoms with van der Waals surface area (Å²) in [5, 5.41) is 3.55. The third kappa shape index (κ3) is 7.25. The molecule has 0 aromatic carbocycles. The van der Waals surface area contributed by atoms with Gasteiger partial charge in [0.25, 0.3) is 0 Å². The minimum absolute atomic E-state index is 0.556. The van der Waals surface area contributed by atoms with Crippen molar-refractivity contribution in [2.24, 2.45) is 4.99 Å². The lowest BCUT2D eigenvalue weighted by Crippen LogP contribution is -2.21. The van der Waals surface area contributed by atoms with Gasteiger partial charge in [0.1, 0.15) is 0 Å². The molecule has 0 aliphatic rings. The van der Waals surface area contributed by atoms with Crippen LogP contribution in [0.3, 0.4) is 0 Å². The summed E-state index contributed by atoms with van der Waals surface area (Å²) in [5.74, 6) is 0. The van der Waals surface area contributed by atoms with Gasteiger partial charge in [-0.15, -0.1) is 0 Å². The van der Waals surface area contributed by atoms with E-state index in [-0.39, 0.29) is 0 Å². The van der Waals surface area contributed by atoms with Gasteiger partial charge in [0.05, 0.1) is 6.34 Å². The number of hydrogen-bond acceptors (Lipinski definition) is 1. The van der Waals surface area contributed by atoms with Crippen molar-refractivity contribution in [1.29, 1.82) is 0 Å². The molecule has 0 bridgehead atoms. The molecule has 0 amide bonds. The van der Waals surface area contributed by atoms with Gasteiger partial charge in [0.15, 0.2) is 5.11 Å². The zero-order valence-corrected chi connectivity index (χ0v) is 8.11. The minimum Gasteiger partial charge on any atom is -0.369 e. The lowest BCUT2D eigenvalue weighted by molar-refractivity contribution is 0.643. The Morgan fingerprint density at radius 2 is 2.27 bits per heavy atom. The molecule has 64 valence electrons. The van der Waals surface area contributed by atoms with Crippen molar-refractivity contribution in [3.63, 3.8) is 0 Å². The summed E-state index contributed by atoms with van der Waals surface area (Å²) in [6, 6.07) is 0. The molecular weight excluding hydrogens is 158 g/mol. The number of nitrogens with zero attached hydrogens (tertiary/aromatic N) is 2. The Labute approximate surface area is 73.5 Å². The van der Waals surface area contributed by atoms with E-state index in [9.17, 15) is 0 Å². The predicted octanol–water partition coefficient (Wildman–Crippen LogP) is 0.861. The van der Waals surface area contributed by atoms with E-state index in [1.165, 1.54) is 0 Å². The maximum absolute atomic E-state index is 4.90. The molecule has 1 N–H and O–H groups in total. The Hall–Kier alpha value is -0.640. The number of nitrogens with one attached hydrogen (secondary N) is 1. The highest BCUT2D eigenvalue weighted by Gasteiger charge is 1.87. The molecule has 4 heteroatoms. The van der Waals surface area contributed by atoms with Gasteiger partial charge in [-0.2, -0.15) is 0 Å². The number of rotatable bonds is 3. The van der Waals surface area contributed by atoms with Gasteiger partial charge >= 0.3 is 0 Å². The summed E-state index contributed by atoms with van der Waals surface area (Å²) in [7, 11) is 3.82. The minimum atomic E-state index is 0.556. The standard InChI is InChI=1S/C7H15N3S/c1-4-5-8-7(11)9-6-10(2)3/h6H,4-5H2,1-3H3,(H,8,11)/b9-6+. The third-order valence-corrected chi connectivity index (χ3v) is 1.18. The van der Waals surface area contributed by atoms with E-state index in [0.29, 0.717) is 5.11 Å². The fourth-order valence-electron chi connectivity index (χ4n) is 0.445. The maximum Gasteiger partial charge on any atom is 0.194 e. The quantitative estimate of drug-likeness (QED) is 0.390. The smallest absolute Gasteiger partial charge is 0.194 e. The van der Waals surface area contributed by atoms with Crippen molar-refractivity contribution in [3.8, 4) is 0 Å². The third-order valence-electron chi connectivity index (χ3n) is 0.932. The Kier molecular flexibility index (Phi) is 5.74. The van der Waals surface area contributed by atoms with E-state index in [1.807, 2.05) is 19.0 Å². The van der Waals surface area contributed by atoms with Gasteiger partial charge in [-0.05, 0) is 18.6 Å². The average Bonchev–Trinajstić information content (AvgIpc) is 1.97. The van der Waals surface area contributed by atoms with Crippen LogP contribution in [-0.2, 0) is 0 Å². The molecule has 0 aliphatic carbocycles. The van der Waals surface area contributed by atoms with Crippen molar-refractivity contribution in [2.75, 3.05) is 20.6 Å². The van der Waals surface area contributed by atoms with Crippen molar-refractivity contribution < 1.29 is 0 Å². The molecule has 0 rings (SSSR count). The van der Waals surface area contributed by atoms with Crippen LogP contribution in [0, 0.1) is 0 Å². The molecule has 11 heavy (non-hydrogen) atoms. The van der Waals surface area contributed by atoms with E-state index in [4.69, 9.17) is 12.2 Å². The van der Waals surface area contributed by atoms with Crippen LogP contribution in [0.1, 0.15) is 13.3 Å². The molecule has 0 saturated heterocycles. The Bertz CT molecular complexity index is 143. The highest BCUT2D eigenvalue weighted by Crippen LogP contribution is 1.77. The second-order valence-electron chi connectivity index (χ2n) is 2.44. The molecule has 0 fully saturated rings. The fourth-order valence-corrected chi connectivity index (χ4v) is 0.595. The second-order valence-corrected chi connectivity index (χ2v) is 2.83. The Morgan fingerprint density at radius 3 is 2.73 bits per heavy atom. The summed E-state index contributed by atoms with van der Waals surface area (Å²) in [6.45, 7) is 2.98. The topological polar surface area (TPSA) is 27.6 Å². The Balaban J connectivity index is 3.51. The first-order valence-electron chi connectivity index (χ1n) is 3.65. The van der Waals surface area contributed by atoms with E-state index in [2.05, 4.69) is 17.2 Å². The van der Waals surface area contributed by atoms with Crippen LogP contribution < -0.4 is 5.32 Å². The number of aliphatic imine (C=N–C) groups is 1. The first-order valence-corrected chi connectivity index (χ1v) is 4.06. The van der Waals surface area contributed by atoms with Gasteiger partial charge in [-0.3, -0.25) is 0 Å². The maximum atomic E-state index is 4.90. The number of thiocarbonyl (C=S) groups is 1. The van der Waals surface area contributed by atoms with Gasteiger partial charge in [-0.1, -0.05) is 6.92 Å². The summed E-state index contributed by atoms with van der Waals surface area (Å²) in [5.41, 5.74) is 0. The predicted molar refractivity (Wildman–Crippen MR) is 53.1 cm³/mol. The van der Waals surface area contributed by atoms with Crippen LogP contribution in [0.25, 0.3) is 0 Å². The van der Waals surface area contributed by atoms with Crippen LogP contribution >= 0.6 is 12.2 Å². The lowest BCUT2D eigenvalue weighted by atomic mass is 10.5. The first kappa shape index (κ1) is 10.4. The molecule has 0 spiro atoms. The molecule has 0 atom stereocenters. The fraction of sp³-hybridized carbons (Fsp3) is 0.714. The van der Waals surface area contributed by atoms with Gasteiger partial charge in [-0.25, -0.2) is 4.99 Å². The normalized spacial score (nSPS) is 10.1. The molecule has 3 nitrogen and oxygen atoms in total. The van der Waals surface area contributed by atoms with Gasteiger partial charge in [0, 0.05) is 20.6 Å². The summed E-state index contributed by atoms with van der Waals surface area (Å²) >= 11 is 4.90. The van der Waals surface area contributed by atoms with E-state index in [0.717, 1.165) is 13.0 Å². The summed E-state index contributed by atoms with van der Waals surface area (Å²) in [4.78, 5) is 5.83. The monoisotopic (exact) mass is 173 g/mol. The highest BCUT2D eigenvalue weighted by molar-refractivity contribution is 7.80. The first-order chi connectivity index (χ1) is 5.16. The zero-order chi connectivity index (χ0) is 8.69. The van der Waals surface area contributed by atoms with Crippen LogP contribution in [0.4, 0.5) is 0 Å². The van der Waals surface area contributed by atoms with Crippen LogP contribution in [0.2, 0.25) is 0 Å². The molecule has 0 aliphatic heterocycles. The van der Waals surface area contributed by atoms with Crippen molar-refractivity contribution in [2.45, 2.75) is 13.3 Å². The van der Waals surface area contributed by atoms with Crippen molar-refractivity contribution in [1.82, 2.24) is 10.2 Å². The van der Waals surface area contributed by atoms with Crippen LogP contribution in [0.15, 0.2) is 4.99 Å². The van der Waals surface area contributed by atoms with Crippen LogP contribution in [-0.4, -0.2) is 37.0 Å². The second kappa shape index (κ2) is 6.09. The van der Waals surface area contributed by atoms with E-state index >= 15 is 0 Å². The molecular formula is C7H15N3S. The van der Waals surface area contributed by atoms with Gasteiger partial charge in [0.2, 0.25) is 0 Å². The zero-order valence-electron chi connectivity index (χ0n) is 7.29. The lowest BCUT2D eigenvalue weighted by Gasteiger charge is -2.03. The van der Waals surface area contributed by atoms with E-state index < -0.39 is 0 Å². The molecule has 0 aromatic heterocycles. The molecule has 0 radical (unpaired) electrons. The van der Waals surface area contributed by atoms with Crippen LogP contribution in [0.5, 0.6) is 0 Å². The SMILES string of the molecule is CCCNC(=S)/N=C/N(C)C. The van der Waals surface area contributed by atoms with E-state index in [1.54, 1.807) is 6.34 Å². The average molecular weight is 173 g/mol. The molecule has 0 saturated carbocycles. The van der Waals surface area contributed by atoms with Gasteiger partial charge < -0.3 is 10.2 Å². The largest absolute Gasteiger partial charge is 0.369 e. The summed E-state index contributed by atoms with van der Waals surface area (Å²) in [6.07, 6.45) is 2.75. The highest BCUT2D eigenvalue weighted by atomic mass is 32.1. The number of hydrogen-bond donors (Lipinski definition) is 1. The molecule has 0 heterocycles. The van der Waals surface area contributed by atoms with Crippen molar-refractivity contribution in [3.05, 3.63) is 0 Å². The molecule has 0 unspecified atom stereocenters. The Morgan fingerprint density at radius 1 is 1.64 bits per heavy atom. The van der Waals surface area contributed by atoms with Crippen molar-refractivity contribution >= 4 is 23.7 Å². The molecule has 0 aromatic rings. The summed E-state index contributed by atoms with van der Waals surface area (Å²) < 4.78 is 0.